The average molecular weight is 418 g/mol. The molecule has 8 nitrogen and oxygen atoms in total. The maximum atomic E-state index is 13.0. The maximum absolute atomic E-state index is 13.0. The fourth-order valence-electron chi connectivity index (χ4n) is 3.69. The molecule has 1 aromatic heterocycles. The van der Waals surface area contributed by atoms with Gasteiger partial charge in [-0.25, -0.2) is 13.4 Å². The van der Waals surface area contributed by atoms with E-state index in [1.807, 2.05) is 26.0 Å². The predicted molar refractivity (Wildman–Crippen MR) is 112 cm³/mol. The maximum Gasteiger partial charge on any atom is 0.243 e. The topological polar surface area (TPSA) is 78.9 Å². The van der Waals surface area contributed by atoms with Crippen molar-refractivity contribution in [2.45, 2.75) is 18.7 Å². The van der Waals surface area contributed by atoms with Crippen LogP contribution >= 0.6 is 0 Å². The van der Waals surface area contributed by atoms with Gasteiger partial charge in [0, 0.05) is 51.0 Å². The number of rotatable bonds is 4. The van der Waals surface area contributed by atoms with E-state index in [0.29, 0.717) is 50.2 Å². The van der Waals surface area contributed by atoms with Gasteiger partial charge in [-0.1, -0.05) is 12.1 Å². The Morgan fingerprint density at radius 1 is 0.897 bits per heavy atom. The Morgan fingerprint density at radius 3 is 2.31 bits per heavy atom. The van der Waals surface area contributed by atoms with E-state index in [1.54, 1.807) is 22.5 Å². The van der Waals surface area contributed by atoms with Gasteiger partial charge in [0.15, 0.2) is 0 Å². The number of benzene rings is 1. The normalized spacial score (nSPS) is 18.8. The zero-order chi connectivity index (χ0) is 20.4. The number of nitrogens with zero attached hydrogens (tertiary/aromatic N) is 5. The van der Waals surface area contributed by atoms with Crippen LogP contribution in [0.3, 0.4) is 0 Å². The molecular formula is C20H27N5O3S. The van der Waals surface area contributed by atoms with Crippen molar-refractivity contribution in [1.82, 2.24) is 14.3 Å². The molecule has 2 fully saturated rings. The van der Waals surface area contributed by atoms with Crippen LogP contribution in [0.25, 0.3) is 0 Å². The Kier molecular flexibility index (Phi) is 5.71. The Balaban J connectivity index is 1.47. The summed E-state index contributed by atoms with van der Waals surface area (Å²) >= 11 is 0. The standard InChI is InChI=1S/C20H27N5O3S/c1-16-4-3-5-18(14-16)29(26,27)25-8-6-24(7-9-25)20-21-17(2)15-19(22-20)23-10-12-28-13-11-23/h3-5,14-15H,6-13H2,1-2H3. The van der Waals surface area contributed by atoms with E-state index >= 15 is 0 Å². The van der Waals surface area contributed by atoms with Crippen molar-refractivity contribution in [2.24, 2.45) is 0 Å². The lowest BCUT2D eigenvalue weighted by Crippen LogP contribution is -2.49. The molecule has 0 aliphatic carbocycles. The minimum Gasteiger partial charge on any atom is -0.378 e. The number of aryl methyl sites for hydroxylation is 2. The van der Waals surface area contributed by atoms with Gasteiger partial charge in [-0.2, -0.15) is 9.29 Å². The van der Waals surface area contributed by atoms with Crippen molar-refractivity contribution in [3.8, 4) is 0 Å². The van der Waals surface area contributed by atoms with Gasteiger partial charge in [-0.3, -0.25) is 0 Å². The smallest absolute Gasteiger partial charge is 0.243 e. The second-order valence-electron chi connectivity index (χ2n) is 7.47. The second-order valence-corrected chi connectivity index (χ2v) is 9.41. The van der Waals surface area contributed by atoms with Gasteiger partial charge in [0.05, 0.1) is 18.1 Å². The van der Waals surface area contributed by atoms with Crippen molar-refractivity contribution in [2.75, 3.05) is 62.3 Å². The number of hydrogen-bond donors (Lipinski definition) is 0. The van der Waals surface area contributed by atoms with Gasteiger partial charge >= 0.3 is 0 Å². The minimum absolute atomic E-state index is 0.354. The van der Waals surface area contributed by atoms with Crippen LogP contribution < -0.4 is 9.80 Å². The number of ether oxygens (including phenoxy) is 1. The summed E-state index contributed by atoms with van der Waals surface area (Å²) in [5.41, 5.74) is 1.85. The molecule has 2 aliphatic heterocycles. The average Bonchev–Trinajstić information content (AvgIpc) is 2.74. The summed E-state index contributed by atoms with van der Waals surface area (Å²) in [6.07, 6.45) is 0. The van der Waals surface area contributed by atoms with Gasteiger partial charge in [0.1, 0.15) is 5.82 Å². The fraction of sp³-hybridized carbons (Fsp3) is 0.500. The molecule has 2 aliphatic rings. The van der Waals surface area contributed by atoms with E-state index in [2.05, 4.69) is 14.8 Å². The number of aromatic nitrogens is 2. The highest BCUT2D eigenvalue weighted by atomic mass is 32.2. The highest BCUT2D eigenvalue weighted by Gasteiger charge is 2.29. The van der Waals surface area contributed by atoms with Gasteiger partial charge in [0.2, 0.25) is 16.0 Å². The summed E-state index contributed by atoms with van der Waals surface area (Å²) < 4.78 is 32.9. The van der Waals surface area contributed by atoms with E-state index in [9.17, 15) is 8.42 Å². The summed E-state index contributed by atoms with van der Waals surface area (Å²) in [6.45, 7) is 8.87. The van der Waals surface area contributed by atoms with Gasteiger partial charge in [-0.15, -0.1) is 0 Å². The first-order valence-corrected chi connectivity index (χ1v) is 11.4. The Morgan fingerprint density at radius 2 is 1.62 bits per heavy atom. The van der Waals surface area contributed by atoms with Crippen LogP contribution in [0.1, 0.15) is 11.3 Å². The lowest BCUT2D eigenvalue weighted by Gasteiger charge is -2.35. The van der Waals surface area contributed by atoms with Crippen LogP contribution in [0.15, 0.2) is 35.2 Å². The van der Waals surface area contributed by atoms with E-state index in [4.69, 9.17) is 9.72 Å². The molecule has 1 aromatic carbocycles. The summed E-state index contributed by atoms with van der Waals surface area (Å²) in [5.74, 6) is 1.57. The largest absolute Gasteiger partial charge is 0.378 e. The molecule has 2 saturated heterocycles. The molecule has 0 N–H and O–H groups in total. The van der Waals surface area contributed by atoms with Gasteiger partial charge < -0.3 is 14.5 Å². The molecule has 0 amide bonds. The number of sulfonamides is 1. The number of anilines is 2. The molecular weight excluding hydrogens is 390 g/mol. The molecule has 0 atom stereocenters. The van der Waals surface area contributed by atoms with E-state index in [1.165, 1.54) is 0 Å². The third-order valence-corrected chi connectivity index (χ3v) is 7.21. The number of hydrogen-bond acceptors (Lipinski definition) is 7. The minimum atomic E-state index is -3.48. The first kappa shape index (κ1) is 20.1. The molecule has 0 bridgehead atoms. The summed E-state index contributed by atoms with van der Waals surface area (Å²) in [4.78, 5) is 14.0. The fourth-order valence-corrected chi connectivity index (χ4v) is 5.21. The number of piperazine rings is 1. The van der Waals surface area contributed by atoms with Crippen LogP contribution in [-0.2, 0) is 14.8 Å². The Bertz CT molecular complexity index is 968. The third-order valence-electron chi connectivity index (χ3n) is 5.31. The van der Waals surface area contributed by atoms with Crippen molar-refractivity contribution < 1.29 is 13.2 Å². The van der Waals surface area contributed by atoms with Gasteiger partial charge in [-0.05, 0) is 31.5 Å². The zero-order valence-corrected chi connectivity index (χ0v) is 17.7. The van der Waals surface area contributed by atoms with Crippen LogP contribution in [0.2, 0.25) is 0 Å². The second kappa shape index (κ2) is 8.25. The summed E-state index contributed by atoms with van der Waals surface area (Å²) in [7, 11) is -3.48. The van der Waals surface area contributed by atoms with Crippen molar-refractivity contribution >= 4 is 21.8 Å². The molecule has 0 saturated carbocycles. The first-order chi connectivity index (χ1) is 13.9. The van der Waals surface area contributed by atoms with E-state index in [0.717, 1.165) is 30.2 Å². The van der Waals surface area contributed by atoms with Crippen LogP contribution in [0, 0.1) is 13.8 Å². The molecule has 29 heavy (non-hydrogen) atoms. The van der Waals surface area contributed by atoms with Crippen molar-refractivity contribution in [1.29, 1.82) is 0 Å². The van der Waals surface area contributed by atoms with Crippen LogP contribution in [-0.4, -0.2) is 75.2 Å². The Labute approximate surface area is 172 Å². The number of morpholine rings is 1. The molecule has 2 aromatic rings. The predicted octanol–water partition coefficient (Wildman–Crippen LogP) is 1.44. The van der Waals surface area contributed by atoms with E-state index < -0.39 is 10.0 Å². The molecule has 9 heteroatoms. The molecule has 156 valence electrons. The lowest BCUT2D eigenvalue weighted by atomic mass is 10.2. The zero-order valence-electron chi connectivity index (χ0n) is 16.9. The molecule has 0 unspecified atom stereocenters. The van der Waals surface area contributed by atoms with E-state index in [-0.39, 0.29) is 0 Å². The van der Waals surface area contributed by atoms with Crippen molar-refractivity contribution in [3.63, 3.8) is 0 Å². The molecule has 4 rings (SSSR count). The third kappa shape index (κ3) is 4.36. The molecule has 3 heterocycles. The quantitative estimate of drug-likeness (QED) is 0.745. The monoisotopic (exact) mass is 417 g/mol. The molecule has 0 spiro atoms. The van der Waals surface area contributed by atoms with Crippen LogP contribution in [0.5, 0.6) is 0 Å². The lowest BCUT2D eigenvalue weighted by molar-refractivity contribution is 0.122. The SMILES string of the molecule is Cc1cccc(S(=O)(=O)N2CCN(c3nc(C)cc(N4CCOCC4)n3)CC2)c1. The summed E-state index contributed by atoms with van der Waals surface area (Å²) in [5, 5.41) is 0. The van der Waals surface area contributed by atoms with Gasteiger partial charge in [0.25, 0.3) is 0 Å². The Hall–Kier alpha value is -2.23. The van der Waals surface area contributed by atoms with Crippen LogP contribution in [0.4, 0.5) is 11.8 Å². The van der Waals surface area contributed by atoms with Crippen molar-refractivity contribution in [3.05, 3.63) is 41.6 Å². The highest BCUT2D eigenvalue weighted by molar-refractivity contribution is 7.89. The molecule has 0 radical (unpaired) electrons. The highest BCUT2D eigenvalue weighted by Crippen LogP contribution is 2.22. The first-order valence-electron chi connectivity index (χ1n) is 9.94. The summed E-state index contributed by atoms with van der Waals surface area (Å²) in [6, 6.07) is 9.06.